The van der Waals surface area contributed by atoms with Crippen LogP contribution in [0.25, 0.3) is 0 Å². The molecule has 2 rings (SSSR count). The summed E-state index contributed by atoms with van der Waals surface area (Å²) in [5.74, 6) is 0. The maximum absolute atomic E-state index is 12.4. The molecule has 1 fully saturated rings. The third-order valence-corrected chi connectivity index (χ3v) is 6.37. The molecule has 20 heavy (non-hydrogen) atoms. The van der Waals surface area contributed by atoms with E-state index in [1.807, 2.05) is 6.92 Å². The van der Waals surface area contributed by atoms with E-state index in [1.54, 1.807) is 12.1 Å². The summed E-state index contributed by atoms with van der Waals surface area (Å²) in [4.78, 5) is 0.0644. The van der Waals surface area contributed by atoms with Crippen LogP contribution in [0.1, 0.15) is 26.2 Å². The summed E-state index contributed by atoms with van der Waals surface area (Å²) in [6.07, 6.45) is 2.44. The first-order chi connectivity index (χ1) is 9.28. The number of hydrogen-bond acceptors (Lipinski definition) is 3. The van der Waals surface area contributed by atoms with Gasteiger partial charge in [-0.05, 0) is 31.0 Å². The SMILES string of the molecule is C[C@]1(CO)CCC[C@@H]1NS(=O)(=O)c1ccc(Br)cc1Cl. The lowest BCUT2D eigenvalue weighted by Gasteiger charge is -2.29. The zero-order valence-corrected chi connectivity index (χ0v) is 14.2. The number of nitrogens with one attached hydrogen (secondary N) is 1. The van der Waals surface area contributed by atoms with Crippen molar-refractivity contribution in [2.45, 2.75) is 37.1 Å². The first-order valence-corrected chi connectivity index (χ1v) is 9.02. The van der Waals surface area contributed by atoms with Crippen LogP contribution in [0, 0.1) is 5.41 Å². The van der Waals surface area contributed by atoms with Crippen LogP contribution in [0.5, 0.6) is 0 Å². The van der Waals surface area contributed by atoms with Crippen LogP contribution >= 0.6 is 27.5 Å². The summed E-state index contributed by atoms with van der Waals surface area (Å²) >= 11 is 9.25. The highest BCUT2D eigenvalue weighted by atomic mass is 79.9. The third-order valence-electron chi connectivity index (χ3n) is 3.92. The number of halogens is 2. The van der Waals surface area contributed by atoms with Gasteiger partial charge in [-0.15, -0.1) is 0 Å². The highest BCUT2D eigenvalue weighted by molar-refractivity contribution is 9.10. The molecule has 1 aromatic rings. The number of benzene rings is 1. The van der Waals surface area contributed by atoms with Gasteiger partial charge in [0, 0.05) is 22.5 Å². The Hall–Kier alpha value is -0.140. The summed E-state index contributed by atoms with van der Waals surface area (Å²) in [6.45, 7) is 1.87. The highest BCUT2D eigenvalue weighted by Crippen LogP contribution is 2.38. The van der Waals surface area contributed by atoms with Gasteiger partial charge in [0.15, 0.2) is 0 Å². The Balaban J connectivity index is 2.28. The van der Waals surface area contributed by atoms with Crippen LogP contribution in [0.2, 0.25) is 5.02 Å². The summed E-state index contributed by atoms with van der Waals surface area (Å²) < 4.78 is 28.3. The molecule has 0 bridgehead atoms. The second-order valence-electron chi connectivity index (χ2n) is 5.45. The van der Waals surface area contributed by atoms with E-state index >= 15 is 0 Å². The molecule has 0 amide bonds. The third kappa shape index (κ3) is 3.20. The molecule has 1 aliphatic rings. The van der Waals surface area contributed by atoms with E-state index < -0.39 is 15.4 Å². The van der Waals surface area contributed by atoms with Gasteiger partial charge in [-0.3, -0.25) is 0 Å². The van der Waals surface area contributed by atoms with E-state index in [-0.39, 0.29) is 22.6 Å². The molecule has 112 valence electrons. The van der Waals surface area contributed by atoms with E-state index in [1.165, 1.54) is 6.07 Å². The van der Waals surface area contributed by atoms with Crippen molar-refractivity contribution in [3.8, 4) is 0 Å². The molecule has 0 aromatic heterocycles. The van der Waals surface area contributed by atoms with Crippen LogP contribution < -0.4 is 4.72 Å². The maximum atomic E-state index is 12.4. The topological polar surface area (TPSA) is 66.4 Å². The van der Waals surface area contributed by atoms with Crippen LogP contribution in [0.15, 0.2) is 27.6 Å². The van der Waals surface area contributed by atoms with Gasteiger partial charge in [0.05, 0.1) is 5.02 Å². The van der Waals surface area contributed by atoms with E-state index in [0.29, 0.717) is 0 Å². The van der Waals surface area contributed by atoms with Crippen molar-refractivity contribution in [2.75, 3.05) is 6.61 Å². The lowest BCUT2D eigenvalue weighted by atomic mass is 9.86. The molecule has 4 nitrogen and oxygen atoms in total. The second-order valence-corrected chi connectivity index (χ2v) is 8.46. The van der Waals surface area contributed by atoms with Crippen molar-refractivity contribution in [3.05, 3.63) is 27.7 Å². The van der Waals surface area contributed by atoms with Crippen LogP contribution in [-0.4, -0.2) is 26.2 Å². The average molecular weight is 383 g/mol. The average Bonchev–Trinajstić information content (AvgIpc) is 2.70. The van der Waals surface area contributed by atoms with Gasteiger partial charge in [-0.2, -0.15) is 0 Å². The van der Waals surface area contributed by atoms with E-state index in [4.69, 9.17) is 11.6 Å². The van der Waals surface area contributed by atoms with Gasteiger partial charge in [0.25, 0.3) is 0 Å². The summed E-state index contributed by atoms with van der Waals surface area (Å²) in [7, 11) is -3.69. The van der Waals surface area contributed by atoms with Crippen LogP contribution in [0.3, 0.4) is 0 Å². The van der Waals surface area contributed by atoms with E-state index in [0.717, 1.165) is 23.7 Å². The first-order valence-electron chi connectivity index (χ1n) is 6.37. The predicted octanol–water partition coefficient (Wildman–Crippen LogP) is 2.93. The minimum atomic E-state index is -3.69. The molecule has 1 aromatic carbocycles. The van der Waals surface area contributed by atoms with Gasteiger partial charge in [-0.1, -0.05) is 40.9 Å². The van der Waals surface area contributed by atoms with Crippen molar-refractivity contribution in [2.24, 2.45) is 5.41 Å². The quantitative estimate of drug-likeness (QED) is 0.841. The van der Waals surface area contributed by atoms with Crippen LogP contribution in [0.4, 0.5) is 0 Å². The van der Waals surface area contributed by atoms with Gasteiger partial charge < -0.3 is 5.11 Å². The highest BCUT2D eigenvalue weighted by Gasteiger charge is 2.40. The smallest absolute Gasteiger partial charge is 0.242 e. The van der Waals surface area contributed by atoms with Gasteiger partial charge in [-0.25, -0.2) is 13.1 Å². The van der Waals surface area contributed by atoms with Gasteiger partial charge >= 0.3 is 0 Å². The molecular formula is C13H17BrClNO3S. The summed E-state index contributed by atoms with van der Waals surface area (Å²) in [6, 6.07) is 4.40. The molecule has 0 spiro atoms. The van der Waals surface area contributed by atoms with Crippen molar-refractivity contribution in [1.29, 1.82) is 0 Å². The molecule has 1 saturated carbocycles. The molecule has 0 unspecified atom stereocenters. The summed E-state index contributed by atoms with van der Waals surface area (Å²) in [5, 5.41) is 9.66. The Labute approximate surface area is 132 Å². The fourth-order valence-corrected chi connectivity index (χ4v) is 5.01. The number of aliphatic hydroxyl groups is 1. The Morgan fingerprint density at radius 1 is 1.55 bits per heavy atom. The number of sulfonamides is 1. The molecule has 0 aliphatic heterocycles. The standard InChI is InChI=1S/C13H17BrClNO3S/c1-13(8-17)6-2-3-12(13)16-20(18,19)11-5-4-9(14)7-10(11)15/h4-5,7,12,16-17H,2-3,6,8H2,1H3/t12-,13+/m0/s1. The Bertz CT molecular complexity index is 608. The lowest BCUT2D eigenvalue weighted by molar-refractivity contribution is 0.127. The monoisotopic (exact) mass is 381 g/mol. The largest absolute Gasteiger partial charge is 0.396 e. The number of hydrogen-bond donors (Lipinski definition) is 2. The zero-order valence-electron chi connectivity index (χ0n) is 11.1. The van der Waals surface area contributed by atoms with E-state index in [2.05, 4.69) is 20.7 Å². The maximum Gasteiger partial charge on any atom is 0.242 e. The fraction of sp³-hybridized carbons (Fsp3) is 0.538. The fourth-order valence-electron chi connectivity index (χ4n) is 2.57. The first kappa shape index (κ1) is 16.2. The number of aliphatic hydroxyl groups excluding tert-OH is 1. The molecular weight excluding hydrogens is 366 g/mol. The zero-order chi connectivity index (χ0) is 15.0. The summed E-state index contributed by atoms with van der Waals surface area (Å²) in [5.41, 5.74) is -0.408. The number of rotatable bonds is 4. The predicted molar refractivity (Wildman–Crippen MR) is 82.3 cm³/mol. The normalized spacial score (nSPS) is 26.9. The van der Waals surface area contributed by atoms with Crippen molar-refractivity contribution in [3.63, 3.8) is 0 Å². The van der Waals surface area contributed by atoms with Gasteiger partial charge in [0.1, 0.15) is 4.90 Å². The Morgan fingerprint density at radius 3 is 2.85 bits per heavy atom. The lowest BCUT2D eigenvalue weighted by Crippen LogP contribution is -2.44. The van der Waals surface area contributed by atoms with Crippen molar-refractivity contribution < 1.29 is 13.5 Å². The molecule has 1 aliphatic carbocycles. The molecule has 0 saturated heterocycles. The molecule has 2 atom stereocenters. The molecule has 0 heterocycles. The Kier molecular flexibility index (Phi) is 4.81. The van der Waals surface area contributed by atoms with Gasteiger partial charge in [0.2, 0.25) is 10.0 Å². The second kappa shape index (κ2) is 5.93. The van der Waals surface area contributed by atoms with Crippen LogP contribution in [-0.2, 0) is 10.0 Å². The van der Waals surface area contributed by atoms with E-state index in [9.17, 15) is 13.5 Å². The Morgan fingerprint density at radius 2 is 2.25 bits per heavy atom. The molecule has 2 N–H and O–H groups in total. The minimum Gasteiger partial charge on any atom is -0.396 e. The van der Waals surface area contributed by atoms with Crippen molar-refractivity contribution >= 4 is 37.6 Å². The van der Waals surface area contributed by atoms with Crippen molar-refractivity contribution in [1.82, 2.24) is 4.72 Å². The molecule has 0 radical (unpaired) electrons. The minimum absolute atomic E-state index is 0.0335. The molecule has 7 heteroatoms.